The Morgan fingerprint density at radius 1 is 1.36 bits per heavy atom. The average molecular weight is 327 g/mol. The Morgan fingerprint density at radius 2 is 2.05 bits per heavy atom. The van der Waals surface area contributed by atoms with E-state index in [9.17, 15) is 4.79 Å². The van der Waals surface area contributed by atoms with Gasteiger partial charge in [-0.2, -0.15) is 0 Å². The quantitative estimate of drug-likeness (QED) is 0.743. The molecule has 1 aliphatic rings. The Balaban J connectivity index is 2.05. The summed E-state index contributed by atoms with van der Waals surface area (Å²) in [5, 5.41) is 0.435. The second kappa shape index (κ2) is 6.28. The average Bonchev–Trinajstić information content (AvgIpc) is 2.35. The van der Waals surface area contributed by atoms with E-state index in [0.717, 1.165) is 5.82 Å². The molecule has 0 N–H and O–H groups in total. The van der Waals surface area contributed by atoms with Gasteiger partial charge in [0.2, 0.25) is 0 Å². The predicted molar refractivity (Wildman–Crippen MR) is 86.4 cm³/mol. The smallest absolute Gasteiger partial charge is 0.410 e. The lowest BCUT2D eigenvalue weighted by Gasteiger charge is -2.40. The molecule has 6 nitrogen and oxygen atoms in total. The number of hydrogen-bond acceptors (Lipinski definition) is 5. The third kappa shape index (κ3) is 4.22. The number of hydrogen-bond donors (Lipinski definition) is 0. The topological polar surface area (TPSA) is 58.6 Å². The van der Waals surface area contributed by atoms with E-state index in [0.29, 0.717) is 30.6 Å². The fourth-order valence-corrected chi connectivity index (χ4v) is 2.67. The van der Waals surface area contributed by atoms with Crippen molar-refractivity contribution < 1.29 is 9.53 Å². The number of rotatable bonds is 1. The molecule has 0 aromatic carbocycles. The summed E-state index contributed by atoms with van der Waals surface area (Å²) in [6.45, 7) is 11.4. The second-order valence-corrected chi connectivity index (χ2v) is 6.95. The van der Waals surface area contributed by atoms with Crippen LogP contribution in [-0.2, 0) is 4.74 Å². The summed E-state index contributed by atoms with van der Waals surface area (Å²) in [7, 11) is 0. The third-order valence-corrected chi connectivity index (χ3v) is 3.56. The van der Waals surface area contributed by atoms with Crippen LogP contribution in [0.5, 0.6) is 0 Å². The Bertz CT molecular complexity index is 539. The van der Waals surface area contributed by atoms with Crippen LogP contribution >= 0.6 is 11.6 Å². The van der Waals surface area contributed by atoms with Crippen molar-refractivity contribution in [1.29, 1.82) is 0 Å². The van der Waals surface area contributed by atoms with Crippen LogP contribution in [-0.4, -0.2) is 52.2 Å². The molecule has 7 heteroatoms. The Kier molecular flexibility index (Phi) is 4.80. The minimum Gasteiger partial charge on any atom is -0.444 e. The fraction of sp³-hybridized carbons (Fsp3) is 0.667. The zero-order valence-electron chi connectivity index (χ0n) is 13.8. The minimum atomic E-state index is -0.477. The van der Waals surface area contributed by atoms with E-state index >= 15 is 0 Å². The maximum absolute atomic E-state index is 12.1. The van der Waals surface area contributed by atoms with E-state index in [1.807, 2.05) is 27.7 Å². The van der Waals surface area contributed by atoms with E-state index < -0.39 is 5.60 Å². The summed E-state index contributed by atoms with van der Waals surface area (Å²) in [6, 6.07) is 1.89. The van der Waals surface area contributed by atoms with Gasteiger partial charge in [-0.3, -0.25) is 0 Å². The van der Waals surface area contributed by atoms with Crippen LogP contribution in [0.3, 0.4) is 0 Å². The predicted octanol–water partition coefficient (Wildman–Crippen LogP) is 2.88. The molecule has 0 bridgehead atoms. The van der Waals surface area contributed by atoms with Crippen molar-refractivity contribution in [3.8, 4) is 0 Å². The number of aromatic nitrogens is 2. The summed E-state index contributed by atoms with van der Waals surface area (Å²) < 4.78 is 5.43. The highest BCUT2D eigenvalue weighted by atomic mass is 35.5. The maximum Gasteiger partial charge on any atom is 0.410 e. The number of aryl methyl sites for hydroxylation is 1. The molecule has 1 unspecified atom stereocenters. The summed E-state index contributed by atoms with van der Waals surface area (Å²) >= 11 is 6.01. The number of piperazine rings is 1. The van der Waals surface area contributed by atoms with Gasteiger partial charge in [-0.05, 0) is 34.6 Å². The van der Waals surface area contributed by atoms with Gasteiger partial charge in [-0.1, -0.05) is 11.6 Å². The van der Waals surface area contributed by atoms with Crippen LogP contribution in [0.15, 0.2) is 6.07 Å². The first kappa shape index (κ1) is 16.8. The SMILES string of the molecule is Cc1nc(Cl)cc(N2CCN(C(=O)OC(C)(C)C)CC2C)n1. The molecule has 2 heterocycles. The lowest BCUT2D eigenvalue weighted by atomic mass is 10.2. The zero-order chi connectivity index (χ0) is 16.5. The number of nitrogens with zero attached hydrogens (tertiary/aromatic N) is 4. The van der Waals surface area contributed by atoms with Crippen LogP contribution in [0.2, 0.25) is 5.15 Å². The first-order valence-electron chi connectivity index (χ1n) is 7.41. The molecule has 0 saturated carbocycles. The van der Waals surface area contributed by atoms with Crippen LogP contribution < -0.4 is 4.90 Å². The van der Waals surface area contributed by atoms with Gasteiger partial charge in [-0.15, -0.1) is 0 Å². The van der Waals surface area contributed by atoms with Crippen LogP contribution in [0.4, 0.5) is 10.6 Å². The third-order valence-electron chi connectivity index (χ3n) is 3.37. The van der Waals surface area contributed by atoms with E-state index in [4.69, 9.17) is 16.3 Å². The van der Waals surface area contributed by atoms with E-state index in [-0.39, 0.29) is 12.1 Å². The molecule has 1 fully saturated rings. The van der Waals surface area contributed by atoms with Crippen molar-refractivity contribution in [3.63, 3.8) is 0 Å². The largest absolute Gasteiger partial charge is 0.444 e. The van der Waals surface area contributed by atoms with E-state index in [1.165, 1.54) is 0 Å². The number of halogens is 1. The minimum absolute atomic E-state index is 0.131. The van der Waals surface area contributed by atoms with Gasteiger partial charge in [-0.25, -0.2) is 14.8 Å². The molecule has 1 aliphatic heterocycles. The molecular formula is C15H23ClN4O2. The number of amides is 1. The first-order chi connectivity index (χ1) is 10.2. The summed E-state index contributed by atoms with van der Waals surface area (Å²) in [4.78, 5) is 24.5. The molecule has 122 valence electrons. The lowest BCUT2D eigenvalue weighted by molar-refractivity contribution is 0.0218. The highest BCUT2D eigenvalue weighted by Gasteiger charge is 2.30. The van der Waals surface area contributed by atoms with E-state index in [2.05, 4.69) is 21.8 Å². The highest BCUT2D eigenvalue weighted by Crippen LogP contribution is 2.22. The summed E-state index contributed by atoms with van der Waals surface area (Å²) in [5.74, 6) is 1.44. The molecular weight excluding hydrogens is 304 g/mol. The molecule has 1 amide bonds. The zero-order valence-corrected chi connectivity index (χ0v) is 14.5. The first-order valence-corrected chi connectivity index (χ1v) is 7.79. The normalized spacial score (nSPS) is 19.3. The molecule has 2 rings (SSSR count). The molecule has 1 aromatic rings. The van der Waals surface area contributed by atoms with E-state index in [1.54, 1.807) is 11.0 Å². The number of carbonyl (C=O) groups is 1. The van der Waals surface area contributed by atoms with Gasteiger partial charge in [0.1, 0.15) is 22.4 Å². The Labute approximate surface area is 136 Å². The molecule has 1 saturated heterocycles. The lowest BCUT2D eigenvalue weighted by Crippen LogP contribution is -2.54. The maximum atomic E-state index is 12.1. The van der Waals surface area contributed by atoms with Gasteiger partial charge >= 0.3 is 6.09 Å². The highest BCUT2D eigenvalue weighted by molar-refractivity contribution is 6.29. The van der Waals surface area contributed by atoms with Crippen molar-refractivity contribution in [1.82, 2.24) is 14.9 Å². The van der Waals surface area contributed by atoms with Crippen molar-refractivity contribution in [2.24, 2.45) is 0 Å². The van der Waals surface area contributed by atoms with Crippen molar-refractivity contribution in [2.75, 3.05) is 24.5 Å². The molecule has 1 atom stereocenters. The summed E-state index contributed by atoms with van der Waals surface area (Å²) in [5.41, 5.74) is -0.477. The molecule has 0 radical (unpaired) electrons. The molecule has 1 aromatic heterocycles. The Hall–Kier alpha value is -1.56. The van der Waals surface area contributed by atoms with Gasteiger partial charge < -0.3 is 14.5 Å². The molecule has 0 aliphatic carbocycles. The van der Waals surface area contributed by atoms with Gasteiger partial charge in [0.15, 0.2) is 0 Å². The summed E-state index contributed by atoms with van der Waals surface area (Å²) in [6.07, 6.45) is -0.268. The number of anilines is 1. The van der Waals surface area contributed by atoms with Crippen molar-refractivity contribution in [2.45, 2.75) is 46.3 Å². The molecule has 22 heavy (non-hydrogen) atoms. The van der Waals surface area contributed by atoms with Gasteiger partial charge in [0, 0.05) is 31.7 Å². The van der Waals surface area contributed by atoms with Crippen LogP contribution in [0, 0.1) is 6.92 Å². The number of ether oxygens (including phenoxy) is 1. The number of carbonyl (C=O) groups excluding carboxylic acids is 1. The molecule has 0 spiro atoms. The van der Waals surface area contributed by atoms with Gasteiger partial charge in [0.05, 0.1) is 0 Å². The van der Waals surface area contributed by atoms with Gasteiger partial charge in [0.25, 0.3) is 0 Å². The fourth-order valence-electron chi connectivity index (χ4n) is 2.45. The standard InChI is InChI=1S/C15H23ClN4O2/c1-10-9-19(14(21)22-15(3,4)5)6-7-20(10)13-8-12(16)17-11(2)18-13/h8,10H,6-7,9H2,1-5H3. The second-order valence-electron chi connectivity index (χ2n) is 6.56. The van der Waals surface area contributed by atoms with Crippen LogP contribution in [0.25, 0.3) is 0 Å². The van der Waals surface area contributed by atoms with Crippen molar-refractivity contribution >= 4 is 23.5 Å². The van der Waals surface area contributed by atoms with Crippen molar-refractivity contribution in [3.05, 3.63) is 17.0 Å². The van der Waals surface area contributed by atoms with Crippen LogP contribution in [0.1, 0.15) is 33.5 Å². The monoisotopic (exact) mass is 326 g/mol. The Morgan fingerprint density at radius 3 is 2.59 bits per heavy atom.